The van der Waals surface area contributed by atoms with Crippen LogP contribution < -0.4 is 20.7 Å². The van der Waals surface area contributed by atoms with Crippen LogP contribution in [0.4, 0.5) is 16.3 Å². The summed E-state index contributed by atoms with van der Waals surface area (Å²) in [5.41, 5.74) is 7.36. The molecule has 3 rings (SSSR count). The molecule has 28 heavy (non-hydrogen) atoms. The summed E-state index contributed by atoms with van der Waals surface area (Å²) in [7, 11) is 1.64. The van der Waals surface area contributed by atoms with Crippen LogP contribution in [0.15, 0.2) is 48.8 Å². The molecule has 1 aliphatic rings. The first-order valence-electron chi connectivity index (χ1n) is 8.78. The lowest BCUT2D eigenvalue weighted by Crippen LogP contribution is -2.31. The summed E-state index contributed by atoms with van der Waals surface area (Å²) < 4.78 is 10.5. The predicted molar refractivity (Wildman–Crippen MR) is 113 cm³/mol. The molecule has 1 aliphatic heterocycles. The van der Waals surface area contributed by atoms with E-state index in [2.05, 4.69) is 10.3 Å². The minimum absolute atomic E-state index is 0.251. The summed E-state index contributed by atoms with van der Waals surface area (Å²) >= 11 is 1.53. The second-order valence-electron chi connectivity index (χ2n) is 7.16. The van der Waals surface area contributed by atoms with Crippen LogP contribution in [0.2, 0.25) is 0 Å². The van der Waals surface area contributed by atoms with Crippen molar-refractivity contribution in [2.45, 2.75) is 31.9 Å². The molecule has 1 aromatic carbocycles. The van der Waals surface area contributed by atoms with E-state index in [-0.39, 0.29) is 5.50 Å². The molecule has 1 atom stereocenters. The first-order chi connectivity index (χ1) is 13.2. The van der Waals surface area contributed by atoms with Crippen molar-refractivity contribution in [1.82, 2.24) is 4.98 Å². The summed E-state index contributed by atoms with van der Waals surface area (Å²) in [6.07, 6.45) is 3.09. The molecule has 1 aromatic heterocycles. The van der Waals surface area contributed by atoms with E-state index in [0.717, 1.165) is 21.9 Å². The maximum atomic E-state index is 12.0. The number of aromatic nitrogens is 1. The van der Waals surface area contributed by atoms with Crippen molar-refractivity contribution in [2.24, 2.45) is 5.73 Å². The van der Waals surface area contributed by atoms with Gasteiger partial charge in [-0.3, -0.25) is 5.32 Å². The molecule has 8 heteroatoms. The second kappa shape index (κ2) is 8.12. The highest BCUT2D eigenvalue weighted by Crippen LogP contribution is 2.40. The Morgan fingerprint density at radius 2 is 1.96 bits per heavy atom. The molecule has 0 saturated carbocycles. The Balaban J connectivity index is 1.76. The lowest BCUT2D eigenvalue weighted by Gasteiger charge is -2.21. The molecule has 2 heterocycles. The van der Waals surface area contributed by atoms with Gasteiger partial charge in [-0.05, 0) is 62.7 Å². The highest BCUT2D eigenvalue weighted by atomic mass is 32.2. The third-order valence-electron chi connectivity index (χ3n) is 3.82. The van der Waals surface area contributed by atoms with Crippen molar-refractivity contribution in [3.05, 3.63) is 54.4 Å². The fourth-order valence-corrected chi connectivity index (χ4v) is 3.59. The zero-order valence-electron chi connectivity index (χ0n) is 16.3. The van der Waals surface area contributed by atoms with Crippen molar-refractivity contribution < 1.29 is 14.3 Å². The van der Waals surface area contributed by atoms with E-state index in [9.17, 15) is 4.79 Å². The second-order valence-corrected chi connectivity index (χ2v) is 8.32. The number of anilines is 2. The van der Waals surface area contributed by atoms with Gasteiger partial charge in [0.15, 0.2) is 0 Å². The number of carbonyl (C=O) groups excluding carboxylic acids is 1. The van der Waals surface area contributed by atoms with E-state index in [1.54, 1.807) is 19.4 Å². The summed E-state index contributed by atoms with van der Waals surface area (Å²) in [6, 6.07) is 11.4. The summed E-state index contributed by atoms with van der Waals surface area (Å²) in [4.78, 5) is 19.1. The van der Waals surface area contributed by atoms with Gasteiger partial charge in [0, 0.05) is 23.0 Å². The molecule has 1 amide bonds. The number of amides is 1. The first-order valence-corrected chi connectivity index (χ1v) is 9.66. The summed E-state index contributed by atoms with van der Waals surface area (Å²) in [5.74, 6) is 1.21. The molecule has 0 fully saturated rings. The number of benzene rings is 1. The van der Waals surface area contributed by atoms with Crippen molar-refractivity contribution >= 4 is 34.3 Å². The number of methoxy groups -OCH3 is 1. The number of hydrogen-bond donors (Lipinski definition) is 2. The fourth-order valence-electron chi connectivity index (χ4n) is 2.60. The molecular weight excluding hydrogens is 376 g/mol. The van der Waals surface area contributed by atoms with E-state index in [1.165, 1.54) is 11.8 Å². The Morgan fingerprint density at radius 1 is 1.25 bits per heavy atom. The lowest BCUT2D eigenvalue weighted by atomic mass is 10.2. The number of nitrogens with zero attached hydrogens (tertiary/aromatic N) is 2. The Kier molecular flexibility index (Phi) is 5.81. The van der Waals surface area contributed by atoms with Gasteiger partial charge in [0.25, 0.3) is 0 Å². The van der Waals surface area contributed by atoms with Crippen molar-refractivity contribution in [1.29, 1.82) is 0 Å². The van der Waals surface area contributed by atoms with Gasteiger partial charge in [-0.15, -0.1) is 0 Å². The van der Waals surface area contributed by atoms with Gasteiger partial charge in [0.05, 0.1) is 7.11 Å². The van der Waals surface area contributed by atoms with Crippen molar-refractivity contribution in [3.8, 4) is 5.75 Å². The Bertz CT molecular complexity index is 878. The molecule has 7 nitrogen and oxygen atoms in total. The SMILES string of the molecule is COc1ccc(N2C=C(c3ccnc(NC(=O)OC(C)(C)C)c3)SC2N)cc1. The standard InChI is InChI=1S/C20H24N4O3S/c1-20(2,3)27-19(25)23-17-11-13(9-10-22-17)16-12-24(18(21)28-16)14-5-7-15(26-4)8-6-14/h5-12,18H,21H2,1-4H3,(H,22,23,25). The van der Waals surface area contributed by atoms with Gasteiger partial charge in [0.2, 0.25) is 0 Å². The number of hydrogen-bond acceptors (Lipinski definition) is 7. The highest BCUT2D eigenvalue weighted by molar-refractivity contribution is 8.09. The summed E-state index contributed by atoms with van der Waals surface area (Å²) in [6.45, 7) is 5.43. The third kappa shape index (κ3) is 4.96. The van der Waals surface area contributed by atoms with E-state index in [0.29, 0.717) is 5.82 Å². The first kappa shape index (κ1) is 20.0. The Hall–Kier alpha value is -2.71. The van der Waals surface area contributed by atoms with Gasteiger partial charge >= 0.3 is 6.09 Å². The Morgan fingerprint density at radius 3 is 2.61 bits per heavy atom. The van der Waals surface area contributed by atoms with Crippen LogP contribution >= 0.6 is 11.8 Å². The van der Waals surface area contributed by atoms with Crippen molar-refractivity contribution in [3.63, 3.8) is 0 Å². The van der Waals surface area contributed by atoms with Gasteiger partial charge in [-0.25, -0.2) is 9.78 Å². The molecule has 0 saturated heterocycles. The van der Waals surface area contributed by atoms with Crippen LogP contribution in [0, 0.1) is 0 Å². The smallest absolute Gasteiger partial charge is 0.413 e. The van der Waals surface area contributed by atoms with Crippen molar-refractivity contribution in [2.75, 3.05) is 17.3 Å². The van der Waals surface area contributed by atoms with E-state index < -0.39 is 11.7 Å². The monoisotopic (exact) mass is 400 g/mol. The largest absolute Gasteiger partial charge is 0.497 e. The summed E-state index contributed by atoms with van der Waals surface area (Å²) in [5, 5.41) is 2.66. The molecule has 0 aliphatic carbocycles. The van der Waals surface area contributed by atoms with Crippen LogP contribution in [0.1, 0.15) is 26.3 Å². The van der Waals surface area contributed by atoms with E-state index in [4.69, 9.17) is 15.2 Å². The minimum Gasteiger partial charge on any atom is -0.497 e. The van der Waals surface area contributed by atoms with Gasteiger partial charge in [-0.2, -0.15) is 0 Å². The fraction of sp³-hybridized carbons (Fsp3) is 0.300. The Labute approximate surface area is 168 Å². The number of carbonyl (C=O) groups is 1. The normalized spacial score (nSPS) is 16.5. The van der Waals surface area contributed by atoms with Gasteiger partial charge in [0.1, 0.15) is 22.7 Å². The zero-order valence-corrected chi connectivity index (χ0v) is 17.1. The molecule has 148 valence electrons. The molecule has 0 spiro atoms. The average molecular weight is 401 g/mol. The maximum absolute atomic E-state index is 12.0. The number of pyridine rings is 1. The number of thioether (sulfide) groups is 1. The van der Waals surface area contributed by atoms with E-state index in [1.807, 2.05) is 62.2 Å². The molecule has 3 N–H and O–H groups in total. The average Bonchev–Trinajstić information content (AvgIpc) is 3.02. The number of rotatable bonds is 4. The number of nitrogens with one attached hydrogen (secondary N) is 1. The van der Waals surface area contributed by atoms with Crippen LogP contribution in [0.25, 0.3) is 4.91 Å². The van der Waals surface area contributed by atoms with E-state index >= 15 is 0 Å². The topological polar surface area (TPSA) is 89.7 Å². The molecule has 2 aromatic rings. The maximum Gasteiger partial charge on any atom is 0.413 e. The van der Waals surface area contributed by atoms with Crippen LogP contribution in [0.3, 0.4) is 0 Å². The van der Waals surface area contributed by atoms with Crippen LogP contribution in [-0.4, -0.2) is 29.3 Å². The van der Waals surface area contributed by atoms with Gasteiger partial charge in [-0.1, -0.05) is 11.8 Å². The number of ether oxygens (including phenoxy) is 2. The minimum atomic E-state index is -0.572. The number of nitrogens with two attached hydrogens (primary N) is 1. The molecule has 0 bridgehead atoms. The quantitative estimate of drug-likeness (QED) is 0.794. The molecular formula is C20H24N4O3S. The predicted octanol–water partition coefficient (Wildman–Crippen LogP) is 4.23. The third-order valence-corrected chi connectivity index (χ3v) is 4.89. The molecule has 1 unspecified atom stereocenters. The highest BCUT2D eigenvalue weighted by Gasteiger charge is 2.25. The van der Waals surface area contributed by atoms with Gasteiger partial charge < -0.3 is 20.1 Å². The van der Waals surface area contributed by atoms with Crippen LogP contribution in [-0.2, 0) is 4.74 Å². The van der Waals surface area contributed by atoms with Crippen LogP contribution in [0.5, 0.6) is 5.75 Å². The molecule has 0 radical (unpaired) electrons. The lowest BCUT2D eigenvalue weighted by molar-refractivity contribution is 0.0635. The zero-order chi connectivity index (χ0) is 20.3.